The molecule has 0 radical (unpaired) electrons. The fourth-order valence-electron chi connectivity index (χ4n) is 2.86. The summed E-state index contributed by atoms with van der Waals surface area (Å²) in [5, 5.41) is 5.70. The van der Waals surface area contributed by atoms with Crippen molar-refractivity contribution in [3.8, 4) is 0 Å². The molecular formula is C15H25N3O3S. The van der Waals surface area contributed by atoms with E-state index in [-0.39, 0.29) is 17.8 Å². The Hall–Kier alpha value is -1.24. The third kappa shape index (κ3) is 4.38. The number of nitrogens with zero attached hydrogens (tertiary/aromatic N) is 1. The van der Waals surface area contributed by atoms with Crippen molar-refractivity contribution in [2.45, 2.75) is 57.5 Å². The summed E-state index contributed by atoms with van der Waals surface area (Å²) in [6, 6.07) is -0.0177. The number of hydrogen-bond donors (Lipinski definition) is 2. The van der Waals surface area contributed by atoms with Gasteiger partial charge in [0.15, 0.2) is 0 Å². The number of urea groups is 1. The van der Waals surface area contributed by atoms with Crippen molar-refractivity contribution >= 4 is 29.6 Å². The van der Waals surface area contributed by atoms with Crippen LogP contribution in [-0.4, -0.2) is 52.4 Å². The van der Waals surface area contributed by atoms with Gasteiger partial charge in [-0.3, -0.25) is 14.5 Å². The van der Waals surface area contributed by atoms with Crippen LogP contribution in [0.4, 0.5) is 4.79 Å². The Balaban J connectivity index is 1.63. The molecule has 0 aromatic heterocycles. The summed E-state index contributed by atoms with van der Waals surface area (Å²) in [4.78, 5) is 36.8. The average molecular weight is 327 g/mol. The predicted molar refractivity (Wildman–Crippen MR) is 86.7 cm³/mol. The average Bonchev–Trinajstić information content (AvgIpc) is 2.65. The van der Waals surface area contributed by atoms with E-state index in [2.05, 4.69) is 10.6 Å². The second-order valence-corrected chi connectivity index (χ2v) is 7.57. The summed E-state index contributed by atoms with van der Waals surface area (Å²) in [6.45, 7) is 3.73. The minimum absolute atomic E-state index is 0.0504. The van der Waals surface area contributed by atoms with Gasteiger partial charge < -0.3 is 10.6 Å². The fourth-order valence-corrected chi connectivity index (χ4v) is 3.58. The Labute approximate surface area is 135 Å². The van der Waals surface area contributed by atoms with E-state index in [1.807, 2.05) is 0 Å². The molecule has 0 atom stereocenters. The van der Waals surface area contributed by atoms with Crippen molar-refractivity contribution < 1.29 is 14.4 Å². The normalized spacial score (nSPS) is 21.8. The van der Waals surface area contributed by atoms with Gasteiger partial charge in [0.05, 0.1) is 5.75 Å². The SMILES string of the molecule is CC1(C)NC(=O)N(CCSCC(=O)NC2CCCCC2)C1=O. The molecule has 0 aromatic carbocycles. The number of carbonyl (C=O) groups excluding carboxylic acids is 3. The molecule has 1 heterocycles. The molecule has 4 amide bonds. The molecule has 6 nitrogen and oxygen atoms in total. The van der Waals surface area contributed by atoms with Gasteiger partial charge in [0.25, 0.3) is 5.91 Å². The molecule has 0 spiro atoms. The monoisotopic (exact) mass is 327 g/mol. The van der Waals surface area contributed by atoms with E-state index in [4.69, 9.17) is 0 Å². The van der Waals surface area contributed by atoms with Gasteiger partial charge in [0, 0.05) is 18.3 Å². The van der Waals surface area contributed by atoms with Gasteiger partial charge in [-0.05, 0) is 26.7 Å². The van der Waals surface area contributed by atoms with Crippen LogP contribution in [0.15, 0.2) is 0 Å². The lowest BCUT2D eigenvalue weighted by Gasteiger charge is -2.22. The predicted octanol–water partition coefficient (Wildman–Crippen LogP) is 1.50. The van der Waals surface area contributed by atoms with Gasteiger partial charge in [-0.2, -0.15) is 11.8 Å². The lowest BCUT2D eigenvalue weighted by Crippen LogP contribution is -2.40. The molecule has 7 heteroatoms. The minimum Gasteiger partial charge on any atom is -0.353 e. The van der Waals surface area contributed by atoms with Crippen LogP contribution in [0.3, 0.4) is 0 Å². The van der Waals surface area contributed by atoms with Crippen LogP contribution in [0.25, 0.3) is 0 Å². The van der Waals surface area contributed by atoms with Crippen molar-refractivity contribution in [2.75, 3.05) is 18.1 Å². The largest absolute Gasteiger partial charge is 0.353 e. The first-order valence-electron chi connectivity index (χ1n) is 7.91. The van der Waals surface area contributed by atoms with E-state index < -0.39 is 5.54 Å². The molecule has 2 rings (SSSR count). The molecule has 0 bridgehead atoms. The van der Waals surface area contributed by atoms with Crippen LogP contribution < -0.4 is 10.6 Å². The van der Waals surface area contributed by atoms with Crippen molar-refractivity contribution in [3.05, 3.63) is 0 Å². The third-order valence-corrected chi connectivity index (χ3v) is 5.04. The standard InChI is InChI=1S/C15H25N3O3S/c1-15(2)13(20)18(14(21)17-15)8-9-22-10-12(19)16-11-6-4-3-5-7-11/h11H,3-10H2,1-2H3,(H,16,19)(H,17,21). The van der Waals surface area contributed by atoms with E-state index >= 15 is 0 Å². The summed E-state index contributed by atoms with van der Waals surface area (Å²) in [7, 11) is 0. The van der Waals surface area contributed by atoms with Gasteiger partial charge in [-0.15, -0.1) is 0 Å². The fraction of sp³-hybridized carbons (Fsp3) is 0.800. The number of imide groups is 1. The molecule has 124 valence electrons. The molecule has 2 fully saturated rings. The van der Waals surface area contributed by atoms with Gasteiger partial charge in [0.1, 0.15) is 5.54 Å². The first-order chi connectivity index (χ1) is 10.4. The maximum atomic E-state index is 12.0. The Morgan fingerprint density at radius 1 is 1.32 bits per heavy atom. The maximum absolute atomic E-state index is 12.0. The summed E-state index contributed by atoms with van der Waals surface area (Å²) in [5.74, 6) is 0.802. The first-order valence-corrected chi connectivity index (χ1v) is 9.07. The number of rotatable bonds is 6. The van der Waals surface area contributed by atoms with Gasteiger partial charge in [-0.1, -0.05) is 19.3 Å². The molecular weight excluding hydrogens is 302 g/mol. The quantitative estimate of drug-likeness (QED) is 0.572. The number of thioether (sulfide) groups is 1. The number of amides is 4. The van der Waals surface area contributed by atoms with Crippen molar-refractivity contribution in [1.29, 1.82) is 0 Å². The lowest BCUT2D eigenvalue weighted by molar-refractivity contribution is -0.130. The van der Waals surface area contributed by atoms with Crippen molar-refractivity contribution in [3.63, 3.8) is 0 Å². The second-order valence-electron chi connectivity index (χ2n) is 6.47. The van der Waals surface area contributed by atoms with Crippen LogP contribution in [0.2, 0.25) is 0 Å². The lowest BCUT2D eigenvalue weighted by atomic mass is 9.95. The zero-order valence-corrected chi connectivity index (χ0v) is 14.1. The van der Waals surface area contributed by atoms with Crippen LogP contribution in [0.1, 0.15) is 46.0 Å². The summed E-state index contributed by atoms with van der Waals surface area (Å²) >= 11 is 1.46. The van der Waals surface area contributed by atoms with E-state index in [1.54, 1.807) is 13.8 Å². The highest BCUT2D eigenvalue weighted by Crippen LogP contribution is 2.18. The number of nitrogens with one attached hydrogen (secondary N) is 2. The Morgan fingerprint density at radius 3 is 2.59 bits per heavy atom. The zero-order valence-electron chi connectivity index (χ0n) is 13.3. The molecule has 22 heavy (non-hydrogen) atoms. The molecule has 0 aromatic rings. The minimum atomic E-state index is -0.819. The first kappa shape index (κ1) is 17.1. The van der Waals surface area contributed by atoms with E-state index in [0.717, 1.165) is 12.8 Å². The van der Waals surface area contributed by atoms with Crippen molar-refractivity contribution in [2.24, 2.45) is 0 Å². The smallest absolute Gasteiger partial charge is 0.325 e. The molecule has 1 saturated heterocycles. The zero-order chi connectivity index (χ0) is 16.2. The number of carbonyl (C=O) groups is 3. The maximum Gasteiger partial charge on any atom is 0.325 e. The highest BCUT2D eigenvalue weighted by atomic mass is 32.2. The second kappa shape index (κ2) is 7.35. The van der Waals surface area contributed by atoms with E-state index in [9.17, 15) is 14.4 Å². The van der Waals surface area contributed by atoms with Gasteiger partial charge in [-0.25, -0.2) is 4.79 Å². The van der Waals surface area contributed by atoms with Crippen LogP contribution >= 0.6 is 11.8 Å². The third-order valence-electron chi connectivity index (χ3n) is 4.11. The van der Waals surface area contributed by atoms with Gasteiger partial charge >= 0.3 is 6.03 Å². The van der Waals surface area contributed by atoms with E-state index in [1.165, 1.54) is 35.9 Å². The Morgan fingerprint density at radius 2 is 2.00 bits per heavy atom. The van der Waals surface area contributed by atoms with Crippen LogP contribution in [-0.2, 0) is 9.59 Å². The topological polar surface area (TPSA) is 78.5 Å². The molecule has 1 aliphatic heterocycles. The van der Waals surface area contributed by atoms with Crippen LogP contribution in [0.5, 0.6) is 0 Å². The Kier molecular flexibility index (Phi) is 5.72. The summed E-state index contributed by atoms with van der Waals surface area (Å²) in [5.41, 5.74) is -0.819. The highest BCUT2D eigenvalue weighted by molar-refractivity contribution is 7.99. The molecule has 1 saturated carbocycles. The van der Waals surface area contributed by atoms with Crippen LogP contribution in [0, 0.1) is 0 Å². The molecule has 2 aliphatic rings. The molecule has 1 aliphatic carbocycles. The van der Waals surface area contributed by atoms with Gasteiger partial charge in [0.2, 0.25) is 5.91 Å². The Bertz CT molecular complexity index is 447. The summed E-state index contributed by atoms with van der Waals surface area (Å²) in [6.07, 6.45) is 5.81. The molecule has 2 N–H and O–H groups in total. The molecule has 0 unspecified atom stereocenters. The van der Waals surface area contributed by atoms with E-state index in [0.29, 0.717) is 24.1 Å². The highest BCUT2D eigenvalue weighted by Gasteiger charge is 2.43. The number of hydrogen-bond acceptors (Lipinski definition) is 4. The van der Waals surface area contributed by atoms with Crippen molar-refractivity contribution in [1.82, 2.24) is 15.5 Å². The summed E-state index contributed by atoms with van der Waals surface area (Å²) < 4.78 is 0.